The Morgan fingerprint density at radius 1 is 1.17 bits per heavy atom. The lowest BCUT2D eigenvalue weighted by atomic mass is 10.6. The van der Waals surface area contributed by atoms with Crippen molar-refractivity contribution in [2.75, 3.05) is 11.5 Å². The first-order chi connectivity index (χ1) is 5.58. The molecule has 0 N–H and O–H groups in total. The number of thioether (sulfide) groups is 2. The molecule has 1 saturated heterocycles. The van der Waals surface area contributed by atoms with Gasteiger partial charge in [0.1, 0.15) is 12.7 Å². The first kappa shape index (κ1) is 10.6. The molecule has 0 nitrogen and oxygen atoms in total. The smallest absolute Gasteiger partial charge is 0.129 e. The Labute approximate surface area is 85.3 Å². The molecule has 0 atom stereocenters. The number of hydrogen-bond donors (Lipinski definition) is 0. The Morgan fingerprint density at radius 3 is 2.25 bits per heavy atom. The molecule has 68 valence electrons. The summed E-state index contributed by atoms with van der Waals surface area (Å²) in [5.74, 6) is 6.01. The summed E-state index contributed by atoms with van der Waals surface area (Å²) in [6.07, 6.45) is 1.36. The molecule has 0 unspecified atom stereocenters. The third-order valence-corrected chi connectivity index (χ3v) is 4.99. The molecule has 0 bridgehead atoms. The maximum absolute atomic E-state index is 3.44. The normalized spacial score (nSPS) is 19.9. The van der Waals surface area contributed by atoms with E-state index in [4.69, 9.17) is 0 Å². The highest BCUT2D eigenvalue weighted by Gasteiger charge is 2.13. The zero-order valence-electron chi connectivity index (χ0n) is 8.02. The van der Waals surface area contributed by atoms with E-state index in [-0.39, 0.29) is 0 Å². The third-order valence-electron chi connectivity index (χ3n) is 1.39. The second kappa shape index (κ2) is 4.64. The summed E-state index contributed by atoms with van der Waals surface area (Å²) in [6, 6.07) is 0. The maximum atomic E-state index is 3.44. The molecule has 1 aliphatic rings. The lowest BCUT2D eigenvalue weighted by molar-refractivity contribution is 1.11. The van der Waals surface area contributed by atoms with Crippen molar-refractivity contribution in [1.82, 2.24) is 0 Å². The molecule has 12 heavy (non-hydrogen) atoms. The molecule has 0 aromatic carbocycles. The SMILES string of the molecule is C[Si](C)(C)C#CC1SCCCS1. The van der Waals surface area contributed by atoms with E-state index in [0.29, 0.717) is 4.58 Å². The average molecular weight is 216 g/mol. The second-order valence-corrected chi connectivity index (χ2v) is 11.4. The van der Waals surface area contributed by atoms with E-state index in [9.17, 15) is 0 Å². The third kappa shape index (κ3) is 4.49. The lowest BCUT2D eigenvalue weighted by Gasteiger charge is -2.16. The van der Waals surface area contributed by atoms with Crippen LogP contribution in [0.15, 0.2) is 0 Å². The van der Waals surface area contributed by atoms with Gasteiger partial charge >= 0.3 is 0 Å². The van der Waals surface area contributed by atoms with Gasteiger partial charge in [-0.2, -0.15) is 0 Å². The quantitative estimate of drug-likeness (QED) is 0.451. The van der Waals surface area contributed by atoms with Gasteiger partial charge in [0, 0.05) is 0 Å². The predicted octanol–water partition coefficient (Wildman–Crippen LogP) is 3.06. The predicted molar refractivity (Wildman–Crippen MR) is 64.4 cm³/mol. The largest absolute Gasteiger partial charge is 0.135 e. The van der Waals surface area contributed by atoms with Gasteiger partial charge < -0.3 is 0 Å². The molecule has 0 amide bonds. The van der Waals surface area contributed by atoms with E-state index in [1.54, 1.807) is 0 Å². The van der Waals surface area contributed by atoms with E-state index in [1.165, 1.54) is 17.9 Å². The highest BCUT2D eigenvalue weighted by Crippen LogP contribution is 2.29. The first-order valence-corrected chi connectivity index (χ1v) is 9.93. The first-order valence-electron chi connectivity index (χ1n) is 4.34. The van der Waals surface area contributed by atoms with E-state index in [0.717, 1.165) is 0 Å². The highest BCUT2D eigenvalue weighted by molar-refractivity contribution is 8.17. The van der Waals surface area contributed by atoms with Gasteiger partial charge in [-0.05, 0) is 17.9 Å². The van der Waals surface area contributed by atoms with Crippen molar-refractivity contribution in [3.63, 3.8) is 0 Å². The monoisotopic (exact) mass is 216 g/mol. The van der Waals surface area contributed by atoms with Gasteiger partial charge in [0.25, 0.3) is 0 Å². The van der Waals surface area contributed by atoms with E-state index in [2.05, 4.69) is 31.1 Å². The van der Waals surface area contributed by atoms with Crippen molar-refractivity contribution in [2.24, 2.45) is 0 Å². The molecule has 0 spiro atoms. The standard InChI is InChI=1S/C9H16S2Si/c1-12(2,3)8-5-9-10-6-4-7-11-9/h9H,4,6-7H2,1-3H3. The molecule has 0 aromatic rings. The molecular formula is C9H16S2Si. The van der Waals surface area contributed by atoms with Crippen molar-refractivity contribution < 1.29 is 0 Å². The minimum Gasteiger partial charge on any atom is -0.135 e. The topological polar surface area (TPSA) is 0 Å². The van der Waals surface area contributed by atoms with Crippen molar-refractivity contribution in [2.45, 2.75) is 30.6 Å². The van der Waals surface area contributed by atoms with E-state index in [1.807, 2.05) is 23.5 Å². The zero-order chi connectivity index (χ0) is 9.03. The van der Waals surface area contributed by atoms with Gasteiger partial charge in [0.2, 0.25) is 0 Å². The molecule has 0 radical (unpaired) electrons. The zero-order valence-corrected chi connectivity index (χ0v) is 10.6. The van der Waals surface area contributed by atoms with Crippen LogP contribution in [0.3, 0.4) is 0 Å². The molecule has 1 rings (SSSR count). The highest BCUT2D eigenvalue weighted by atomic mass is 32.2. The van der Waals surface area contributed by atoms with Gasteiger partial charge in [-0.3, -0.25) is 0 Å². The molecule has 1 fully saturated rings. The summed E-state index contributed by atoms with van der Waals surface area (Å²) in [5.41, 5.74) is 3.44. The van der Waals surface area contributed by atoms with Crippen LogP contribution in [-0.4, -0.2) is 24.2 Å². The van der Waals surface area contributed by atoms with E-state index < -0.39 is 8.07 Å². The second-order valence-electron chi connectivity index (χ2n) is 3.95. The summed E-state index contributed by atoms with van der Waals surface area (Å²) < 4.78 is 0.575. The van der Waals surface area contributed by atoms with Crippen LogP contribution in [0.5, 0.6) is 0 Å². The Balaban J connectivity index is 2.41. The average Bonchev–Trinajstić information content (AvgIpc) is 2.02. The summed E-state index contributed by atoms with van der Waals surface area (Å²) in [7, 11) is -1.13. The van der Waals surface area contributed by atoms with Crippen LogP contribution in [0.25, 0.3) is 0 Å². The van der Waals surface area contributed by atoms with Crippen LogP contribution in [0.4, 0.5) is 0 Å². The summed E-state index contributed by atoms with van der Waals surface area (Å²) >= 11 is 4.03. The van der Waals surface area contributed by atoms with Crippen molar-refractivity contribution >= 4 is 31.6 Å². The van der Waals surface area contributed by atoms with Gasteiger partial charge in [0.05, 0.1) is 0 Å². The molecule has 1 aliphatic heterocycles. The fourth-order valence-electron chi connectivity index (χ4n) is 0.847. The Kier molecular flexibility index (Phi) is 4.08. The van der Waals surface area contributed by atoms with Crippen molar-refractivity contribution in [3.8, 4) is 11.5 Å². The fourth-order valence-corrected chi connectivity index (χ4v) is 4.11. The summed E-state index contributed by atoms with van der Waals surface area (Å²) in [6.45, 7) is 6.91. The van der Waals surface area contributed by atoms with Crippen LogP contribution in [0, 0.1) is 11.5 Å². The number of hydrogen-bond acceptors (Lipinski definition) is 2. The molecular weight excluding hydrogens is 200 g/mol. The Hall–Kier alpha value is 0.477. The maximum Gasteiger partial charge on any atom is 0.129 e. The molecule has 0 saturated carbocycles. The van der Waals surface area contributed by atoms with Gasteiger partial charge in [-0.1, -0.05) is 25.6 Å². The van der Waals surface area contributed by atoms with Crippen molar-refractivity contribution in [3.05, 3.63) is 0 Å². The Morgan fingerprint density at radius 2 is 1.75 bits per heavy atom. The summed E-state index contributed by atoms with van der Waals surface area (Å²) in [5, 5.41) is 0. The minimum atomic E-state index is -1.13. The Bertz CT molecular complexity index is 191. The molecule has 0 aromatic heterocycles. The van der Waals surface area contributed by atoms with E-state index >= 15 is 0 Å². The van der Waals surface area contributed by atoms with Crippen LogP contribution >= 0.6 is 23.5 Å². The fraction of sp³-hybridized carbons (Fsp3) is 0.778. The van der Waals surface area contributed by atoms with Crippen LogP contribution in [0.1, 0.15) is 6.42 Å². The molecule has 1 heterocycles. The molecule has 0 aliphatic carbocycles. The van der Waals surface area contributed by atoms with Crippen LogP contribution in [-0.2, 0) is 0 Å². The lowest BCUT2D eigenvalue weighted by Crippen LogP contribution is -2.17. The van der Waals surface area contributed by atoms with Crippen LogP contribution < -0.4 is 0 Å². The van der Waals surface area contributed by atoms with Gasteiger partial charge in [-0.25, -0.2) is 0 Å². The minimum absolute atomic E-state index is 0.575. The number of rotatable bonds is 0. The van der Waals surface area contributed by atoms with Crippen molar-refractivity contribution in [1.29, 1.82) is 0 Å². The molecule has 3 heteroatoms. The summed E-state index contributed by atoms with van der Waals surface area (Å²) in [4.78, 5) is 0. The van der Waals surface area contributed by atoms with Gasteiger partial charge in [-0.15, -0.1) is 29.1 Å². The van der Waals surface area contributed by atoms with Crippen LogP contribution in [0.2, 0.25) is 19.6 Å². The van der Waals surface area contributed by atoms with Gasteiger partial charge in [0.15, 0.2) is 0 Å².